The minimum absolute atomic E-state index is 0.145. The fourth-order valence-corrected chi connectivity index (χ4v) is 1.94. The number of ether oxygens (including phenoxy) is 1. The van der Waals surface area contributed by atoms with Crippen LogP contribution in [-0.4, -0.2) is 41.5 Å². The molecule has 0 aliphatic carbocycles. The average Bonchev–Trinajstić information content (AvgIpc) is 2.44. The largest absolute Gasteiger partial charge is 0.483 e. The van der Waals surface area contributed by atoms with E-state index >= 15 is 0 Å². The summed E-state index contributed by atoms with van der Waals surface area (Å²) in [6, 6.07) is 5.76. The van der Waals surface area contributed by atoms with Crippen molar-refractivity contribution in [2.75, 3.05) is 19.8 Å². The van der Waals surface area contributed by atoms with Crippen LogP contribution >= 0.6 is 0 Å². The van der Waals surface area contributed by atoms with Gasteiger partial charge in [0.05, 0.1) is 18.8 Å². The van der Waals surface area contributed by atoms with Crippen molar-refractivity contribution in [3.63, 3.8) is 0 Å². The standard InChI is InChI=1S/C15H23NO4/c1-4-15(9-17,10-18)16-13(19)8-20-14-11(2)6-5-7-12(14)3/h5-7,17-18H,4,8-10H2,1-3H3,(H,16,19). The number of carbonyl (C=O) groups excluding carboxylic acids is 1. The molecule has 3 N–H and O–H groups in total. The maximum Gasteiger partial charge on any atom is 0.258 e. The fraction of sp³-hybridized carbons (Fsp3) is 0.533. The van der Waals surface area contributed by atoms with Gasteiger partial charge in [0.1, 0.15) is 5.75 Å². The number of rotatable bonds is 7. The summed E-state index contributed by atoms with van der Waals surface area (Å²) in [6.45, 7) is 4.85. The highest BCUT2D eigenvalue weighted by atomic mass is 16.5. The van der Waals surface area contributed by atoms with Crippen LogP contribution < -0.4 is 10.1 Å². The lowest BCUT2D eigenvalue weighted by Gasteiger charge is -2.29. The van der Waals surface area contributed by atoms with Crippen molar-refractivity contribution in [1.82, 2.24) is 5.32 Å². The third-order valence-corrected chi connectivity index (χ3v) is 3.44. The molecule has 0 aromatic heterocycles. The Morgan fingerprint density at radius 3 is 2.25 bits per heavy atom. The molecule has 0 atom stereocenters. The number of hydrogen-bond acceptors (Lipinski definition) is 4. The number of aliphatic hydroxyl groups is 2. The summed E-state index contributed by atoms with van der Waals surface area (Å²) in [5.74, 6) is 0.329. The molecule has 0 heterocycles. The number of amides is 1. The number of aryl methyl sites for hydroxylation is 2. The van der Waals surface area contributed by atoms with Crippen molar-refractivity contribution in [3.8, 4) is 5.75 Å². The van der Waals surface area contributed by atoms with Gasteiger partial charge in [0.2, 0.25) is 0 Å². The number of carbonyl (C=O) groups is 1. The van der Waals surface area contributed by atoms with Crippen molar-refractivity contribution in [3.05, 3.63) is 29.3 Å². The van der Waals surface area contributed by atoms with E-state index in [4.69, 9.17) is 4.74 Å². The minimum Gasteiger partial charge on any atom is -0.483 e. The summed E-state index contributed by atoms with van der Waals surface area (Å²) in [6.07, 6.45) is 0.440. The summed E-state index contributed by atoms with van der Waals surface area (Å²) in [4.78, 5) is 11.9. The SMILES string of the molecule is CCC(CO)(CO)NC(=O)COc1c(C)cccc1C. The highest BCUT2D eigenvalue weighted by Crippen LogP contribution is 2.22. The molecule has 0 fully saturated rings. The molecule has 0 aliphatic heterocycles. The molecule has 5 heteroatoms. The van der Waals surface area contributed by atoms with Crippen LogP contribution in [0.25, 0.3) is 0 Å². The molecule has 0 saturated carbocycles. The zero-order valence-corrected chi connectivity index (χ0v) is 12.3. The lowest BCUT2D eigenvalue weighted by atomic mass is 9.98. The molecule has 1 amide bonds. The van der Waals surface area contributed by atoms with E-state index in [-0.39, 0.29) is 25.7 Å². The molecule has 5 nitrogen and oxygen atoms in total. The predicted octanol–water partition coefficient (Wildman–Crippen LogP) is 0.932. The fourth-order valence-electron chi connectivity index (χ4n) is 1.94. The molecule has 0 radical (unpaired) electrons. The van der Waals surface area contributed by atoms with Gasteiger partial charge >= 0.3 is 0 Å². The average molecular weight is 281 g/mol. The van der Waals surface area contributed by atoms with Gasteiger partial charge < -0.3 is 20.3 Å². The van der Waals surface area contributed by atoms with Gasteiger partial charge in [0.15, 0.2) is 6.61 Å². The van der Waals surface area contributed by atoms with E-state index in [1.165, 1.54) is 0 Å². The summed E-state index contributed by atoms with van der Waals surface area (Å²) in [5.41, 5.74) is 0.939. The summed E-state index contributed by atoms with van der Waals surface area (Å²) in [5, 5.41) is 21.2. The Balaban J connectivity index is 2.64. The van der Waals surface area contributed by atoms with Crippen molar-refractivity contribution in [1.29, 1.82) is 0 Å². The second-order valence-electron chi connectivity index (χ2n) is 5.01. The summed E-state index contributed by atoms with van der Waals surface area (Å²) in [7, 11) is 0. The molecule has 1 aromatic carbocycles. The Labute approximate surface area is 119 Å². The van der Waals surface area contributed by atoms with E-state index in [0.717, 1.165) is 11.1 Å². The lowest BCUT2D eigenvalue weighted by Crippen LogP contribution is -2.55. The first-order valence-electron chi connectivity index (χ1n) is 6.69. The molecule has 0 unspecified atom stereocenters. The van der Waals surface area contributed by atoms with Crippen LogP contribution in [-0.2, 0) is 4.79 Å². The quantitative estimate of drug-likeness (QED) is 0.695. The Morgan fingerprint density at radius 2 is 1.80 bits per heavy atom. The number of nitrogens with one attached hydrogen (secondary N) is 1. The second kappa shape index (κ2) is 7.26. The number of para-hydroxylation sites is 1. The molecule has 0 saturated heterocycles. The van der Waals surface area contributed by atoms with Crippen LogP contribution in [0.3, 0.4) is 0 Å². The van der Waals surface area contributed by atoms with Crippen LogP contribution in [0.2, 0.25) is 0 Å². The predicted molar refractivity (Wildman–Crippen MR) is 76.7 cm³/mol. The Bertz CT molecular complexity index is 427. The topological polar surface area (TPSA) is 78.8 Å². The number of benzene rings is 1. The van der Waals surface area contributed by atoms with Crippen molar-refractivity contribution < 1.29 is 19.7 Å². The maximum absolute atomic E-state index is 11.9. The summed E-state index contributed by atoms with van der Waals surface area (Å²) >= 11 is 0. The van der Waals surface area contributed by atoms with Gasteiger partial charge in [-0.05, 0) is 31.4 Å². The zero-order chi connectivity index (χ0) is 15.2. The molecular formula is C15H23NO4. The van der Waals surface area contributed by atoms with E-state index in [0.29, 0.717) is 12.2 Å². The van der Waals surface area contributed by atoms with Gasteiger partial charge in [0.25, 0.3) is 5.91 Å². The first-order valence-corrected chi connectivity index (χ1v) is 6.69. The number of hydrogen-bond donors (Lipinski definition) is 3. The third-order valence-electron chi connectivity index (χ3n) is 3.44. The molecule has 112 valence electrons. The van der Waals surface area contributed by atoms with Gasteiger partial charge in [-0.15, -0.1) is 0 Å². The van der Waals surface area contributed by atoms with Crippen LogP contribution in [0.15, 0.2) is 18.2 Å². The lowest BCUT2D eigenvalue weighted by molar-refractivity contribution is -0.126. The first kappa shape index (κ1) is 16.5. The molecule has 0 bridgehead atoms. The Morgan fingerprint density at radius 1 is 1.25 bits per heavy atom. The van der Waals surface area contributed by atoms with Crippen LogP contribution in [0.5, 0.6) is 5.75 Å². The van der Waals surface area contributed by atoms with Gasteiger partial charge in [-0.3, -0.25) is 4.79 Å². The maximum atomic E-state index is 11.9. The van der Waals surface area contributed by atoms with E-state index in [1.54, 1.807) is 6.92 Å². The Kier molecular flexibility index (Phi) is 5.98. The third kappa shape index (κ3) is 3.95. The van der Waals surface area contributed by atoms with E-state index in [1.807, 2.05) is 32.0 Å². The molecule has 0 aliphatic rings. The van der Waals surface area contributed by atoms with Gasteiger partial charge in [0, 0.05) is 0 Å². The van der Waals surface area contributed by atoms with E-state index in [9.17, 15) is 15.0 Å². The van der Waals surface area contributed by atoms with E-state index < -0.39 is 5.54 Å². The van der Waals surface area contributed by atoms with E-state index in [2.05, 4.69) is 5.32 Å². The van der Waals surface area contributed by atoms with Gasteiger partial charge in [-0.1, -0.05) is 25.1 Å². The second-order valence-corrected chi connectivity index (χ2v) is 5.01. The van der Waals surface area contributed by atoms with Crippen molar-refractivity contribution >= 4 is 5.91 Å². The van der Waals surface area contributed by atoms with Crippen LogP contribution in [0, 0.1) is 13.8 Å². The van der Waals surface area contributed by atoms with Crippen molar-refractivity contribution in [2.24, 2.45) is 0 Å². The smallest absolute Gasteiger partial charge is 0.258 e. The van der Waals surface area contributed by atoms with Crippen molar-refractivity contribution in [2.45, 2.75) is 32.7 Å². The first-order chi connectivity index (χ1) is 9.48. The van der Waals surface area contributed by atoms with Gasteiger partial charge in [-0.25, -0.2) is 0 Å². The van der Waals surface area contributed by atoms with Crippen LogP contribution in [0.1, 0.15) is 24.5 Å². The molecule has 1 aromatic rings. The monoisotopic (exact) mass is 281 g/mol. The molecule has 20 heavy (non-hydrogen) atoms. The van der Waals surface area contributed by atoms with Crippen LogP contribution in [0.4, 0.5) is 0 Å². The highest BCUT2D eigenvalue weighted by molar-refractivity contribution is 5.78. The molecule has 1 rings (SSSR count). The Hall–Kier alpha value is -1.59. The molecular weight excluding hydrogens is 258 g/mol. The molecule has 0 spiro atoms. The number of aliphatic hydroxyl groups excluding tert-OH is 2. The highest BCUT2D eigenvalue weighted by Gasteiger charge is 2.28. The summed E-state index contributed by atoms with van der Waals surface area (Å²) < 4.78 is 5.53. The minimum atomic E-state index is -0.985. The van der Waals surface area contributed by atoms with Gasteiger partial charge in [-0.2, -0.15) is 0 Å². The zero-order valence-electron chi connectivity index (χ0n) is 12.3. The normalized spacial score (nSPS) is 11.2.